The lowest BCUT2D eigenvalue weighted by Gasteiger charge is -2.32. The average Bonchev–Trinajstić information content (AvgIpc) is 2.41. The molecule has 2 rings (SSSR count). The second-order valence-electron chi connectivity index (χ2n) is 5.44. The number of carbonyl (C=O) groups is 1. The number of pyridine rings is 1. The van der Waals surface area contributed by atoms with Crippen molar-refractivity contribution in [3.05, 3.63) is 18.3 Å². The molecule has 1 amide bonds. The molecule has 0 radical (unpaired) electrons. The molecule has 0 unspecified atom stereocenters. The van der Waals surface area contributed by atoms with Crippen LogP contribution in [0.5, 0.6) is 5.88 Å². The number of nitrogens with two attached hydrogens (primary N) is 1. The van der Waals surface area contributed by atoms with Gasteiger partial charge in [-0.2, -0.15) is 0 Å². The number of ether oxygens (including phenoxy) is 1. The minimum atomic E-state index is -0.351. The summed E-state index contributed by atoms with van der Waals surface area (Å²) in [5, 5.41) is 2.86. The zero-order valence-electron chi connectivity index (χ0n) is 12.0. The maximum absolute atomic E-state index is 12.2. The highest BCUT2D eigenvalue weighted by atomic mass is 16.5. The Hall–Kier alpha value is -1.62. The fraction of sp³-hybridized carbons (Fsp3) is 0.600. The van der Waals surface area contributed by atoms with Gasteiger partial charge in [-0.15, -0.1) is 0 Å². The van der Waals surface area contributed by atoms with E-state index in [1.54, 1.807) is 18.3 Å². The number of hydrogen-bond acceptors (Lipinski definition) is 4. The summed E-state index contributed by atoms with van der Waals surface area (Å²) in [6.45, 7) is 2.40. The van der Waals surface area contributed by atoms with E-state index in [9.17, 15) is 4.79 Å². The number of anilines is 1. The SMILES string of the molecule is CCOc1ncccc1NC(=O)CC1(N)CCCCC1. The Morgan fingerprint density at radius 3 is 2.90 bits per heavy atom. The standard InChI is InChI=1S/C15H23N3O2/c1-2-20-14-12(7-6-10-17-14)18-13(19)11-15(16)8-4-3-5-9-15/h6-7,10H,2-5,8-9,11,16H2,1H3,(H,18,19). The highest BCUT2D eigenvalue weighted by molar-refractivity contribution is 5.92. The first-order valence-corrected chi connectivity index (χ1v) is 7.29. The van der Waals surface area contributed by atoms with Gasteiger partial charge in [0.15, 0.2) is 0 Å². The van der Waals surface area contributed by atoms with Gasteiger partial charge in [-0.05, 0) is 31.9 Å². The van der Waals surface area contributed by atoms with Gasteiger partial charge in [-0.3, -0.25) is 4.79 Å². The second-order valence-corrected chi connectivity index (χ2v) is 5.44. The first kappa shape index (κ1) is 14.8. The average molecular weight is 277 g/mol. The van der Waals surface area contributed by atoms with Crippen molar-refractivity contribution >= 4 is 11.6 Å². The fourth-order valence-electron chi connectivity index (χ4n) is 2.68. The topological polar surface area (TPSA) is 77.2 Å². The van der Waals surface area contributed by atoms with Crippen LogP contribution >= 0.6 is 0 Å². The Labute approximate surface area is 119 Å². The van der Waals surface area contributed by atoms with Crippen molar-refractivity contribution in [3.63, 3.8) is 0 Å². The monoisotopic (exact) mass is 277 g/mol. The van der Waals surface area contributed by atoms with Gasteiger partial charge in [-0.1, -0.05) is 19.3 Å². The molecule has 20 heavy (non-hydrogen) atoms. The van der Waals surface area contributed by atoms with Crippen molar-refractivity contribution in [1.82, 2.24) is 4.98 Å². The van der Waals surface area contributed by atoms with E-state index >= 15 is 0 Å². The Morgan fingerprint density at radius 2 is 2.20 bits per heavy atom. The summed E-state index contributed by atoms with van der Waals surface area (Å²) in [6.07, 6.45) is 7.29. The Bertz CT molecular complexity index is 456. The van der Waals surface area contributed by atoms with Crippen LogP contribution in [-0.4, -0.2) is 23.0 Å². The van der Waals surface area contributed by atoms with Gasteiger partial charge < -0.3 is 15.8 Å². The molecule has 0 atom stereocenters. The molecule has 1 aliphatic carbocycles. The Balaban J connectivity index is 1.97. The van der Waals surface area contributed by atoms with E-state index in [1.165, 1.54) is 6.42 Å². The smallest absolute Gasteiger partial charge is 0.237 e. The minimum Gasteiger partial charge on any atom is -0.476 e. The number of hydrogen-bond donors (Lipinski definition) is 2. The van der Waals surface area contributed by atoms with Crippen molar-refractivity contribution in [2.24, 2.45) is 5.73 Å². The maximum atomic E-state index is 12.2. The van der Waals surface area contributed by atoms with E-state index in [2.05, 4.69) is 10.3 Å². The molecule has 1 aliphatic rings. The van der Waals surface area contributed by atoms with Crippen molar-refractivity contribution in [3.8, 4) is 5.88 Å². The molecule has 1 heterocycles. The number of aromatic nitrogens is 1. The molecule has 1 fully saturated rings. The largest absolute Gasteiger partial charge is 0.476 e. The van der Waals surface area contributed by atoms with Crippen molar-refractivity contribution in [2.75, 3.05) is 11.9 Å². The van der Waals surface area contributed by atoms with E-state index in [-0.39, 0.29) is 11.4 Å². The van der Waals surface area contributed by atoms with Gasteiger partial charge in [-0.25, -0.2) is 4.98 Å². The minimum absolute atomic E-state index is 0.0663. The molecule has 0 aliphatic heterocycles. The summed E-state index contributed by atoms with van der Waals surface area (Å²) < 4.78 is 5.40. The summed E-state index contributed by atoms with van der Waals surface area (Å²) >= 11 is 0. The third-order valence-electron chi connectivity index (χ3n) is 3.69. The van der Waals surface area contributed by atoms with Gasteiger partial charge in [0.2, 0.25) is 11.8 Å². The number of carbonyl (C=O) groups excluding carboxylic acids is 1. The Morgan fingerprint density at radius 1 is 1.45 bits per heavy atom. The van der Waals surface area contributed by atoms with E-state index in [0.29, 0.717) is 24.6 Å². The molecule has 5 nitrogen and oxygen atoms in total. The second kappa shape index (κ2) is 6.70. The maximum Gasteiger partial charge on any atom is 0.237 e. The number of amides is 1. The summed E-state index contributed by atoms with van der Waals surface area (Å²) in [4.78, 5) is 16.3. The van der Waals surface area contributed by atoms with Crippen LogP contribution in [0, 0.1) is 0 Å². The summed E-state index contributed by atoms with van der Waals surface area (Å²) in [7, 11) is 0. The molecular formula is C15H23N3O2. The number of nitrogens with one attached hydrogen (secondary N) is 1. The van der Waals surface area contributed by atoms with E-state index < -0.39 is 0 Å². The molecule has 0 saturated heterocycles. The van der Waals surface area contributed by atoms with Crippen LogP contribution in [0.15, 0.2) is 18.3 Å². The van der Waals surface area contributed by atoms with Crippen molar-refractivity contribution in [1.29, 1.82) is 0 Å². The normalized spacial score (nSPS) is 17.5. The molecule has 110 valence electrons. The first-order valence-electron chi connectivity index (χ1n) is 7.29. The van der Waals surface area contributed by atoms with Crippen molar-refractivity contribution < 1.29 is 9.53 Å². The zero-order chi connectivity index (χ0) is 14.4. The molecule has 1 saturated carbocycles. The lowest BCUT2D eigenvalue weighted by atomic mass is 9.80. The zero-order valence-corrected chi connectivity index (χ0v) is 12.0. The molecule has 0 spiro atoms. The lowest BCUT2D eigenvalue weighted by molar-refractivity contribution is -0.117. The molecule has 1 aromatic rings. The van der Waals surface area contributed by atoms with Gasteiger partial charge >= 0.3 is 0 Å². The third-order valence-corrected chi connectivity index (χ3v) is 3.69. The van der Waals surface area contributed by atoms with Gasteiger partial charge in [0.25, 0.3) is 0 Å². The third kappa shape index (κ3) is 3.93. The van der Waals surface area contributed by atoms with Crippen molar-refractivity contribution in [2.45, 2.75) is 51.0 Å². The number of rotatable bonds is 5. The number of nitrogens with zero attached hydrogens (tertiary/aromatic N) is 1. The van der Waals surface area contributed by atoms with Gasteiger partial charge in [0.05, 0.1) is 6.61 Å². The Kier molecular flexibility index (Phi) is 4.95. The van der Waals surface area contributed by atoms with Crippen LogP contribution in [0.4, 0.5) is 5.69 Å². The van der Waals surface area contributed by atoms with Crippen LogP contribution in [0.1, 0.15) is 45.4 Å². The predicted octanol–water partition coefficient (Wildman–Crippen LogP) is 2.47. The van der Waals surface area contributed by atoms with Crippen LogP contribution in [0.2, 0.25) is 0 Å². The van der Waals surface area contributed by atoms with E-state index in [0.717, 1.165) is 25.7 Å². The quantitative estimate of drug-likeness (QED) is 0.866. The first-order chi connectivity index (χ1) is 9.63. The van der Waals surface area contributed by atoms with Crippen LogP contribution < -0.4 is 15.8 Å². The predicted molar refractivity (Wildman–Crippen MR) is 78.7 cm³/mol. The fourth-order valence-corrected chi connectivity index (χ4v) is 2.68. The highest BCUT2D eigenvalue weighted by Gasteiger charge is 2.30. The summed E-state index contributed by atoms with van der Waals surface area (Å²) in [5.41, 5.74) is 6.56. The highest BCUT2D eigenvalue weighted by Crippen LogP contribution is 2.29. The molecule has 5 heteroatoms. The molecule has 0 bridgehead atoms. The van der Waals surface area contributed by atoms with Gasteiger partial charge in [0.1, 0.15) is 5.69 Å². The van der Waals surface area contributed by atoms with Crippen LogP contribution in [-0.2, 0) is 4.79 Å². The molecular weight excluding hydrogens is 254 g/mol. The summed E-state index contributed by atoms with van der Waals surface area (Å²) in [5.74, 6) is 0.390. The van der Waals surface area contributed by atoms with Crippen LogP contribution in [0.25, 0.3) is 0 Å². The van der Waals surface area contributed by atoms with E-state index in [1.807, 2.05) is 6.92 Å². The van der Waals surface area contributed by atoms with E-state index in [4.69, 9.17) is 10.5 Å². The summed E-state index contributed by atoms with van der Waals surface area (Å²) in [6, 6.07) is 3.57. The molecule has 1 aromatic heterocycles. The van der Waals surface area contributed by atoms with Gasteiger partial charge in [0, 0.05) is 18.2 Å². The molecule has 3 N–H and O–H groups in total. The van der Waals surface area contributed by atoms with Crippen LogP contribution in [0.3, 0.4) is 0 Å². The lowest BCUT2D eigenvalue weighted by Crippen LogP contribution is -2.44. The molecule has 0 aromatic carbocycles.